The lowest BCUT2D eigenvalue weighted by molar-refractivity contribution is -0.120. The number of anilines is 1. The van der Waals surface area contributed by atoms with E-state index in [4.69, 9.17) is 10.9 Å². The molecule has 0 saturated heterocycles. The highest BCUT2D eigenvalue weighted by atomic mass is 32.2. The molecule has 1 amide bonds. The zero-order valence-electron chi connectivity index (χ0n) is 11.4. The Kier molecular flexibility index (Phi) is 4.04. The van der Waals surface area contributed by atoms with Crippen molar-refractivity contribution in [2.45, 2.75) is 38.1 Å². The van der Waals surface area contributed by atoms with Crippen molar-refractivity contribution in [3.63, 3.8) is 0 Å². The zero-order valence-corrected chi connectivity index (χ0v) is 12.3. The second-order valence-electron chi connectivity index (χ2n) is 5.13. The molecular weight excluding hydrogens is 266 g/mol. The molecule has 1 aromatic carbocycles. The number of carbonyl (C=O) groups is 1. The Bertz CT molecular complexity index is 616. The van der Waals surface area contributed by atoms with Crippen LogP contribution in [0.2, 0.25) is 0 Å². The third-order valence-electron chi connectivity index (χ3n) is 2.80. The molecule has 1 aromatic rings. The van der Waals surface area contributed by atoms with Gasteiger partial charge in [-0.1, -0.05) is 0 Å². The van der Waals surface area contributed by atoms with Crippen molar-refractivity contribution in [1.29, 1.82) is 0 Å². The second kappa shape index (κ2) is 4.92. The first-order valence-electron chi connectivity index (χ1n) is 5.67. The SMILES string of the molecule is Cc1cc(S(N)(=O)=O)cc(NC(=O)C(C)(C)N)c1C. The van der Waals surface area contributed by atoms with Crippen LogP contribution in [0, 0.1) is 13.8 Å². The van der Waals surface area contributed by atoms with Crippen molar-refractivity contribution in [2.24, 2.45) is 10.9 Å². The summed E-state index contributed by atoms with van der Waals surface area (Å²) in [5.74, 6) is -0.401. The average Bonchev–Trinajstić information content (AvgIpc) is 2.21. The lowest BCUT2D eigenvalue weighted by Crippen LogP contribution is -2.45. The summed E-state index contributed by atoms with van der Waals surface area (Å²) in [6.07, 6.45) is 0. The third kappa shape index (κ3) is 3.76. The molecule has 1 rings (SSSR count). The van der Waals surface area contributed by atoms with Crippen molar-refractivity contribution in [1.82, 2.24) is 0 Å². The van der Waals surface area contributed by atoms with Gasteiger partial charge < -0.3 is 11.1 Å². The molecule has 0 radical (unpaired) electrons. The number of rotatable bonds is 3. The highest BCUT2D eigenvalue weighted by molar-refractivity contribution is 7.89. The minimum atomic E-state index is -3.82. The Morgan fingerprint density at radius 2 is 1.79 bits per heavy atom. The van der Waals surface area contributed by atoms with Gasteiger partial charge in [-0.2, -0.15) is 0 Å². The second-order valence-corrected chi connectivity index (χ2v) is 6.69. The Morgan fingerprint density at radius 3 is 2.21 bits per heavy atom. The van der Waals surface area contributed by atoms with Crippen LogP contribution in [0.4, 0.5) is 5.69 Å². The van der Waals surface area contributed by atoms with Gasteiger partial charge in [0.25, 0.3) is 0 Å². The number of benzene rings is 1. The molecule has 0 fully saturated rings. The van der Waals surface area contributed by atoms with Gasteiger partial charge in [0, 0.05) is 5.69 Å². The van der Waals surface area contributed by atoms with Crippen LogP contribution < -0.4 is 16.2 Å². The minimum Gasteiger partial charge on any atom is -0.324 e. The van der Waals surface area contributed by atoms with Gasteiger partial charge >= 0.3 is 0 Å². The maximum atomic E-state index is 11.8. The van der Waals surface area contributed by atoms with Gasteiger partial charge in [-0.25, -0.2) is 13.6 Å². The Balaban J connectivity index is 3.29. The summed E-state index contributed by atoms with van der Waals surface area (Å²) < 4.78 is 22.7. The molecule has 6 nitrogen and oxygen atoms in total. The van der Waals surface area contributed by atoms with Crippen molar-refractivity contribution in [2.75, 3.05) is 5.32 Å². The molecule has 5 N–H and O–H groups in total. The molecular formula is C12H19N3O3S. The fourth-order valence-corrected chi connectivity index (χ4v) is 2.03. The van der Waals surface area contributed by atoms with Crippen LogP contribution in [-0.4, -0.2) is 19.9 Å². The zero-order chi connectivity index (χ0) is 15.0. The number of amides is 1. The summed E-state index contributed by atoms with van der Waals surface area (Å²) in [4.78, 5) is 11.8. The average molecular weight is 285 g/mol. The maximum absolute atomic E-state index is 11.8. The Morgan fingerprint density at radius 1 is 1.26 bits per heavy atom. The van der Waals surface area contributed by atoms with Crippen LogP contribution in [0.3, 0.4) is 0 Å². The number of primary sulfonamides is 1. The van der Waals surface area contributed by atoms with Gasteiger partial charge in [-0.15, -0.1) is 0 Å². The van der Waals surface area contributed by atoms with E-state index in [1.807, 2.05) is 0 Å². The number of sulfonamides is 1. The molecule has 0 saturated carbocycles. The molecule has 0 aliphatic carbocycles. The van der Waals surface area contributed by atoms with E-state index in [0.29, 0.717) is 5.69 Å². The van der Waals surface area contributed by atoms with E-state index >= 15 is 0 Å². The van der Waals surface area contributed by atoms with E-state index in [-0.39, 0.29) is 4.90 Å². The summed E-state index contributed by atoms with van der Waals surface area (Å²) in [6.45, 7) is 6.65. The summed E-state index contributed by atoms with van der Waals surface area (Å²) in [5, 5.41) is 7.72. The van der Waals surface area contributed by atoms with Crippen LogP contribution in [0.5, 0.6) is 0 Å². The molecule has 0 atom stereocenters. The summed E-state index contributed by atoms with van der Waals surface area (Å²) in [6, 6.07) is 2.80. The fourth-order valence-electron chi connectivity index (χ4n) is 1.40. The normalized spacial score (nSPS) is 12.3. The summed E-state index contributed by atoms with van der Waals surface area (Å²) in [7, 11) is -3.82. The molecule has 0 aliphatic heterocycles. The molecule has 7 heteroatoms. The summed E-state index contributed by atoms with van der Waals surface area (Å²) >= 11 is 0. The number of nitrogens with two attached hydrogens (primary N) is 2. The van der Waals surface area contributed by atoms with Gasteiger partial charge in [0.05, 0.1) is 10.4 Å². The molecule has 19 heavy (non-hydrogen) atoms. The molecule has 0 aliphatic rings. The third-order valence-corrected chi connectivity index (χ3v) is 3.70. The van der Waals surface area contributed by atoms with E-state index in [1.54, 1.807) is 27.7 Å². The van der Waals surface area contributed by atoms with Crippen LogP contribution >= 0.6 is 0 Å². The molecule has 106 valence electrons. The van der Waals surface area contributed by atoms with Crippen molar-refractivity contribution in [3.8, 4) is 0 Å². The number of carbonyl (C=O) groups excluding carboxylic acids is 1. The van der Waals surface area contributed by atoms with Gasteiger partial charge in [0.15, 0.2) is 0 Å². The van der Waals surface area contributed by atoms with Crippen molar-refractivity contribution in [3.05, 3.63) is 23.3 Å². The predicted molar refractivity (Wildman–Crippen MR) is 74.2 cm³/mol. The van der Waals surface area contributed by atoms with E-state index in [2.05, 4.69) is 5.32 Å². The lowest BCUT2D eigenvalue weighted by atomic mass is 10.0. The van der Waals surface area contributed by atoms with E-state index in [0.717, 1.165) is 11.1 Å². The van der Waals surface area contributed by atoms with Gasteiger partial charge in [-0.05, 0) is 51.0 Å². The largest absolute Gasteiger partial charge is 0.324 e. The van der Waals surface area contributed by atoms with Crippen LogP contribution in [0.1, 0.15) is 25.0 Å². The minimum absolute atomic E-state index is 0.0410. The molecule has 0 bridgehead atoms. The van der Waals surface area contributed by atoms with Crippen LogP contribution in [-0.2, 0) is 14.8 Å². The highest BCUT2D eigenvalue weighted by Crippen LogP contribution is 2.24. The quantitative estimate of drug-likeness (QED) is 0.755. The highest BCUT2D eigenvalue weighted by Gasteiger charge is 2.23. The fraction of sp³-hybridized carbons (Fsp3) is 0.417. The van der Waals surface area contributed by atoms with E-state index < -0.39 is 21.5 Å². The first-order valence-corrected chi connectivity index (χ1v) is 7.22. The first kappa shape index (κ1) is 15.6. The van der Waals surface area contributed by atoms with Gasteiger partial charge in [-0.3, -0.25) is 4.79 Å². The predicted octanol–water partition coefficient (Wildman–Crippen LogP) is 0.627. The van der Waals surface area contributed by atoms with Crippen LogP contribution in [0.15, 0.2) is 17.0 Å². The van der Waals surface area contributed by atoms with Crippen molar-refractivity contribution >= 4 is 21.6 Å². The maximum Gasteiger partial charge on any atom is 0.243 e. The van der Waals surface area contributed by atoms with Gasteiger partial charge in [0.1, 0.15) is 0 Å². The van der Waals surface area contributed by atoms with Crippen molar-refractivity contribution < 1.29 is 13.2 Å². The Hall–Kier alpha value is -1.44. The smallest absolute Gasteiger partial charge is 0.243 e. The number of hydrogen-bond acceptors (Lipinski definition) is 4. The van der Waals surface area contributed by atoms with E-state index in [9.17, 15) is 13.2 Å². The molecule has 0 spiro atoms. The van der Waals surface area contributed by atoms with E-state index in [1.165, 1.54) is 12.1 Å². The number of hydrogen-bond donors (Lipinski definition) is 3. The lowest BCUT2D eigenvalue weighted by Gasteiger charge is -2.20. The monoisotopic (exact) mass is 285 g/mol. The van der Waals surface area contributed by atoms with Gasteiger partial charge in [0.2, 0.25) is 15.9 Å². The van der Waals surface area contributed by atoms with Crippen LogP contribution in [0.25, 0.3) is 0 Å². The topological polar surface area (TPSA) is 115 Å². The standard InChI is InChI=1S/C12H19N3O3S/c1-7-5-9(19(14,17)18)6-10(8(7)2)15-11(16)12(3,4)13/h5-6H,13H2,1-4H3,(H,15,16)(H2,14,17,18). The molecule has 0 unspecified atom stereocenters. The number of nitrogens with one attached hydrogen (secondary N) is 1. The number of aryl methyl sites for hydroxylation is 1. The molecule has 0 aromatic heterocycles. The first-order chi connectivity index (χ1) is 8.43. The Labute approximate surface area is 113 Å². The molecule has 0 heterocycles. The summed E-state index contributed by atoms with van der Waals surface area (Å²) in [5.41, 5.74) is 6.51.